The highest BCUT2D eigenvalue weighted by atomic mass is 79.9. The van der Waals surface area contributed by atoms with Crippen molar-refractivity contribution in [3.63, 3.8) is 0 Å². The van der Waals surface area contributed by atoms with E-state index in [1.165, 1.54) is 12.1 Å². The van der Waals surface area contributed by atoms with Crippen molar-refractivity contribution in [1.82, 2.24) is 5.16 Å². The van der Waals surface area contributed by atoms with Gasteiger partial charge in [-0.3, -0.25) is 4.79 Å². The minimum Gasteiger partial charge on any atom is -0.506 e. The van der Waals surface area contributed by atoms with Crippen LogP contribution < -0.4 is 10.1 Å². The number of methoxy groups -OCH3 is 1. The molecular weight excluding hydrogens is 376 g/mol. The Labute approximate surface area is 146 Å². The zero-order valence-corrected chi connectivity index (χ0v) is 14.2. The summed E-state index contributed by atoms with van der Waals surface area (Å²) in [5.74, 6) is 0.495. The molecule has 122 valence electrons. The highest BCUT2D eigenvalue weighted by molar-refractivity contribution is 9.10. The second-order valence-corrected chi connectivity index (χ2v) is 5.81. The van der Waals surface area contributed by atoms with E-state index >= 15 is 0 Å². The summed E-state index contributed by atoms with van der Waals surface area (Å²) in [6, 6.07) is 13.5. The third kappa shape index (κ3) is 3.26. The SMILES string of the molecule is COc1ccccc1-c1cc(C(=O)Nc2cc(Br)ccc2O)no1. The Balaban J connectivity index is 1.85. The van der Waals surface area contributed by atoms with E-state index in [4.69, 9.17) is 9.26 Å². The number of anilines is 1. The van der Waals surface area contributed by atoms with Crippen molar-refractivity contribution in [2.75, 3.05) is 12.4 Å². The van der Waals surface area contributed by atoms with Gasteiger partial charge in [0.2, 0.25) is 0 Å². The van der Waals surface area contributed by atoms with Gasteiger partial charge in [-0.2, -0.15) is 0 Å². The summed E-state index contributed by atoms with van der Waals surface area (Å²) in [5.41, 5.74) is 1.06. The van der Waals surface area contributed by atoms with E-state index in [1.54, 1.807) is 31.4 Å². The van der Waals surface area contributed by atoms with Crippen LogP contribution in [0, 0.1) is 0 Å². The number of aromatic hydroxyl groups is 1. The molecule has 24 heavy (non-hydrogen) atoms. The standard InChI is InChI=1S/C17H13BrN2O4/c1-23-15-5-3-2-4-11(15)16-9-13(20-24-16)17(22)19-12-8-10(18)6-7-14(12)21/h2-9,21H,1H3,(H,19,22). The molecule has 0 aliphatic heterocycles. The maximum atomic E-state index is 12.3. The molecule has 0 unspecified atom stereocenters. The summed E-state index contributed by atoms with van der Waals surface area (Å²) < 4.78 is 11.2. The van der Waals surface area contributed by atoms with E-state index in [0.29, 0.717) is 17.1 Å². The molecule has 1 amide bonds. The Morgan fingerprint density at radius 1 is 1.25 bits per heavy atom. The van der Waals surface area contributed by atoms with Crippen LogP contribution in [-0.4, -0.2) is 23.3 Å². The van der Waals surface area contributed by atoms with Crippen LogP contribution in [0.4, 0.5) is 5.69 Å². The molecule has 7 heteroatoms. The Bertz CT molecular complexity index is 892. The number of nitrogens with zero attached hydrogens (tertiary/aromatic N) is 1. The van der Waals surface area contributed by atoms with Crippen LogP contribution in [0.25, 0.3) is 11.3 Å². The molecule has 0 saturated carbocycles. The van der Waals surface area contributed by atoms with Crippen LogP contribution in [0.3, 0.4) is 0 Å². The van der Waals surface area contributed by atoms with Gasteiger partial charge in [-0.15, -0.1) is 0 Å². The molecule has 2 aromatic carbocycles. The van der Waals surface area contributed by atoms with Crippen molar-refractivity contribution < 1.29 is 19.2 Å². The predicted octanol–water partition coefficient (Wildman–Crippen LogP) is 4.07. The average molecular weight is 389 g/mol. The van der Waals surface area contributed by atoms with E-state index in [9.17, 15) is 9.90 Å². The minimum atomic E-state index is -0.492. The van der Waals surface area contributed by atoms with Crippen molar-refractivity contribution >= 4 is 27.5 Å². The predicted molar refractivity (Wildman–Crippen MR) is 92.3 cm³/mol. The van der Waals surface area contributed by atoms with Crippen molar-refractivity contribution in [1.29, 1.82) is 0 Å². The molecule has 0 aliphatic carbocycles. The number of phenolic OH excluding ortho intramolecular Hbond substituents is 1. The van der Waals surface area contributed by atoms with E-state index in [2.05, 4.69) is 26.4 Å². The second-order valence-electron chi connectivity index (χ2n) is 4.89. The largest absolute Gasteiger partial charge is 0.506 e. The third-order valence-electron chi connectivity index (χ3n) is 3.32. The number of rotatable bonds is 4. The van der Waals surface area contributed by atoms with Crippen LogP contribution in [0.15, 0.2) is 57.5 Å². The van der Waals surface area contributed by atoms with Crippen LogP contribution in [0.5, 0.6) is 11.5 Å². The monoisotopic (exact) mass is 388 g/mol. The summed E-state index contributed by atoms with van der Waals surface area (Å²) >= 11 is 3.28. The van der Waals surface area contributed by atoms with E-state index < -0.39 is 5.91 Å². The van der Waals surface area contributed by atoms with Crippen molar-refractivity contribution in [2.24, 2.45) is 0 Å². The lowest BCUT2D eigenvalue weighted by Crippen LogP contribution is -2.12. The molecule has 0 saturated heterocycles. The zero-order valence-electron chi connectivity index (χ0n) is 12.6. The first kappa shape index (κ1) is 16.1. The molecule has 6 nitrogen and oxygen atoms in total. The molecule has 2 N–H and O–H groups in total. The number of hydrogen-bond donors (Lipinski definition) is 2. The maximum absolute atomic E-state index is 12.3. The summed E-state index contributed by atoms with van der Waals surface area (Å²) in [7, 11) is 1.55. The van der Waals surface area contributed by atoms with Gasteiger partial charge in [-0.05, 0) is 30.3 Å². The van der Waals surface area contributed by atoms with Crippen LogP contribution in [0.1, 0.15) is 10.5 Å². The van der Waals surface area contributed by atoms with Gasteiger partial charge in [0.05, 0.1) is 18.4 Å². The van der Waals surface area contributed by atoms with Gasteiger partial charge in [-0.1, -0.05) is 33.2 Å². The molecule has 0 atom stereocenters. The van der Waals surface area contributed by atoms with Crippen molar-refractivity contribution in [2.45, 2.75) is 0 Å². The number of nitrogens with one attached hydrogen (secondary N) is 1. The molecule has 0 spiro atoms. The Morgan fingerprint density at radius 2 is 2.04 bits per heavy atom. The Kier molecular flexibility index (Phi) is 4.52. The number of ether oxygens (including phenoxy) is 1. The lowest BCUT2D eigenvalue weighted by Gasteiger charge is -2.05. The van der Waals surface area contributed by atoms with E-state index in [1.807, 2.05) is 12.1 Å². The van der Waals surface area contributed by atoms with Crippen LogP contribution in [0.2, 0.25) is 0 Å². The number of carbonyl (C=O) groups is 1. The number of phenols is 1. The fraction of sp³-hybridized carbons (Fsp3) is 0.0588. The molecule has 3 aromatic rings. The first-order chi connectivity index (χ1) is 11.6. The first-order valence-corrected chi connectivity index (χ1v) is 7.78. The van der Waals surface area contributed by atoms with Gasteiger partial charge in [0.1, 0.15) is 11.5 Å². The number of carbonyl (C=O) groups excluding carboxylic acids is 1. The molecule has 0 radical (unpaired) electrons. The van der Waals surface area contributed by atoms with Gasteiger partial charge in [0, 0.05) is 10.5 Å². The summed E-state index contributed by atoms with van der Waals surface area (Å²) in [6.07, 6.45) is 0. The van der Waals surface area contributed by atoms with E-state index in [0.717, 1.165) is 4.47 Å². The molecule has 0 bridgehead atoms. The highest BCUT2D eigenvalue weighted by Gasteiger charge is 2.17. The number of amides is 1. The van der Waals surface area contributed by atoms with Gasteiger partial charge < -0.3 is 19.7 Å². The third-order valence-corrected chi connectivity index (χ3v) is 3.82. The highest BCUT2D eigenvalue weighted by Crippen LogP contribution is 2.31. The number of para-hydroxylation sites is 1. The smallest absolute Gasteiger partial charge is 0.277 e. The van der Waals surface area contributed by atoms with Crippen LogP contribution >= 0.6 is 15.9 Å². The molecule has 0 aliphatic rings. The Morgan fingerprint density at radius 3 is 2.83 bits per heavy atom. The topological polar surface area (TPSA) is 84.6 Å². The lowest BCUT2D eigenvalue weighted by molar-refractivity contribution is 0.101. The Hall–Kier alpha value is -2.80. The molecule has 1 heterocycles. The zero-order chi connectivity index (χ0) is 17.1. The second kappa shape index (κ2) is 6.76. The summed E-state index contributed by atoms with van der Waals surface area (Å²) in [6.45, 7) is 0. The van der Waals surface area contributed by atoms with Gasteiger partial charge in [0.25, 0.3) is 5.91 Å². The average Bonchev–Trinajstić information content (AvgIpc) is 3.08. The van der Waals surface area contributed by atoms with E-state index in [-0.39, 0.29) is 17.1 Å². The maximum Gasteiger partial charge on any atom is 0.277 e. The fourth-order valence-electron chi connectivity index (χ4n) is 2.15. The summed E-state index contributed by atoms with van der Waals surface area (Å²) in [5, 5.41) is 16.2. The fourth-order valence-corrected chi connectivity index (χ4v) is 2.51. The number of hydrogen-bond acceptors (Lipinski definition) is 5. The first-order valence-electron chi connectivity index (χ1n) is 6.98. The number of halogens is 1. The number of aromatic nitrogens is 1. The normalized spacial score (nSPS) is 10.4. The van der Waals surface area contributed by atoms with Crippen molar-refractivity contribution in [3.8, 4) is 22.8 Å². The quantitative estimate of drug-likeness (QED) is 0.658. The number of benzene rings is 2. The van der Waals surface area contributed by atoms with Crippen molar-refractivity contribution in [3.05, 3.63) is 58.7 Å². The van der Waals surface area contributed by atoms with Crippen LogP contribution in [-0.2, 0) is 0 Å². The summed E-state index contributed by atoms with van der Waals surface area (Å²) in [4.78, 5) is 12.3. The lowest BCUT2D eigenvalue weighted by atomic mass is 10.1. The molecular formula is C17H13BrN2O4. The molecule has 0 fully saturated rings. The van der Waals surface area contributed by atoms with Gasteiger partial charge in [-0.25, -0.2) is 0 Å². The minimum absolute atomic E-state index is 0.0417. The van der Waals surface area contributed by atoms with Gasteiger partial charge in [0.15, 0.2) is 11.5 Å². The molecule has 1 aromatic heterocycles. The van der Waals surface area contributed by atoms with Gasteiger partial charge >= 0.3 is 0 Å². The molecule has 3 rings (SSSR count).